The Morgan fingerprint density at radius 3 is 2.50 bits per heavy atom. The normalized spacial score (nSPS) is 15.2. The Labute approximate surface area is 105 Å². The molecule has 1 atom stereocenters. The smallest absolute Gasteiger partial charge is 0.452 e. The number of carbonyl (C=O) groups is 1. The van der Waals surface area contributed by atoms with Crippen molar-refractivity contribution in [3.05, 3.63) is 5.82 Å². The number of hydrogen-bond donors (Lipinski definition) is 2. The highest BCUT2D eigenvalue weighted by Crippen LogP contribution is 2.29. The Hall–Kier alpha value is -1.38. The van der Waals surface area contributed by atoms with Crippen LogP contribution in [0.4, 0.5) is 18.3 Å². The summed E-state index contributed by atoms with van der Waals surface area (Å²) in [6.07, 6.45) is -4.24. The van der Waals surface area contributed by atoms with Crippen LogP contribution in [0.3, 0.4) is 0 Å². The van der Waals surface area contributed by atoms with Crippen LogP contribution in [-0.2, 0) is 11.0 Å². The SMILES string of the molecule is CCC(C)(CNc1nc(C(F)(F)F)ns1)C(=O)O. The predicted molar refractivity (Wildman–Crippen MR) is 59.4 cm³/mol. The highest BCUT2D eigenvalue weighted by atomic mass is 32.1. The number of hydrogen-bond acceptors (Lipinski definition) is 5. The molecule has 0 amide bonds. The molecule has 0 saturated carbocycles. The molecule has 1 unspecified atom stereocenters. The number of nitrogens with zero attached hydrogens (tertiary/aromatic N) is 2. The van der Waals surface area contributed by atoms with E-state index in [1.807, 2.05) is 0 Å². The molecule has 0 aromatic carbocycles. The fourth-order valence-corrected chi connectivity index (χ4v) is 1.61. The van der Waals surface area contributed by atoms with Gasteiger partial charge in [-0.1, -0.05) is 6.92 Å². The van der Waals surface area contributed by atoms with Gasteiger partial charge in [-0.3, -0.25) is 4.79 Å². The molecule has 9 heteroatoms. The summed E-state index contributed by atoms with van der Waals surface area (Å²) in [4.78, 5) is 14.2. The molecule has 1 heterocycles. The van der Waals surface area contributed by atoms with Crippen LogP contribution >= 0.6 is 11.5 Å². The van der Waals surface area contributed by atoms with Crippen LogP contribution in [-0.4, -0.2) is 27.0 Å². The zero-order chi connectivity index (χ0) is 14.0. The Balaban J connectivity index is 2.70. The summed E-state index contributed by atoms with van der Waals surface area (Å²) < 4.78 is 39.8. The Bertz CT molecular complexity index is 435. The maximum atomic E-state index is 12.2. The van der Waals surface area contributed by atoms with Gasteiger partial charge in [-0.25, -0.2) is 0 Å². The lowest BCUT2D eigenvalue weighted by Crippen LogP contribution is -2.34. The van der Waals surface area contributed by atoms with Crippen LogP contribution in [0.5, 0.6) is 0 Å². The van der Waals surface area contributed by atoms with Gasteiger partial charge in [0.1, 0.15) is 0 Å². The van der Waals surface area contributed by atoms with E-state index in [-0.39, 0.29) is 11.7 Å². The van der Waals surface area contributed by atoms with Crippen molar-refractivity contribution in [3.8, 4) is 0 Å². The van der Waals surface area contributed by atoms with E-state index < -0.39 is 23.4 Å². The first-order valence-electron chi connectivity index (χ1n) is 5.07. The van der Waals surface area contributed by atoms with Crippen LogP contribution in [0.15, 0.2) is 0 Å². The zero-order valence-corrected chi connectivity index (χ0v) is 10.5. The van der Waals surface area contributed by atoms with Crippen molar-refractivity contribution in [2.24, 2.45) is 5.41 Å². The van der Waals surface area contributed by atoms with Crippen LogP contribution in [0.1, 0.15) is 26.1 Å². The third kappa shape index (κ3) is 3.31. The molecular formula is C9H12F3N3O2S. The van der Waals surface area contributed by atoms with Gasteiger partial charge in [0, 0.05) is 18.1 Å². The topological polar surface area (TPSA) is 75.1 Å². The lowest BCUT2D eigenvalue weighted by Gasteiger charge is -2.22. The van der Waals surface area contributed by atoms with Crippen molar-refractivity contribution in [2.75, 3.05) is 11.9 Å². The fraction of sp³-hybridized carbons (Fsp3) is 0.667. The summed E-state index contributed by atoms with van der Waals surface area (Å²) >= 11 is 0.554. The van der Waals surface area contributed by atoms with E-state index in [2.05, 4.69) is 14.7 Å². The second-order valence-corrected chi connectivity index (χ2v) is 4.75. The third-order valence-corrected chi connectivity index (χ3v) is 3.28. The summed E-state index contributed by atoms with van der Waals surface area (Å²) in [5.41, 5.74) is -1.05. The fourth-order valence-electron chi connectivity index (χ4n) is 1.03. The summed E-state index contributed by atoms with van der Waals surface area (Å²) in [6, 6.07) is 0. The molecule has 0 radical (unpaired) electrons. The first-order chi connectivity index (χ1) is 8.19. The molecule has 0 aliphatic carbocycles. The predicted octanol–water partition coefficient (Wildman–Crippen LogP) is 2.47. The molecular weight excluding hydrogens is 271 g/mol. The van der Waals surface area contributed by atoms with E-state index in [0.717, 1.165) is 0 Å². The Morgan fingerprint density at radius 1 is 1.50 bits per heavy atom. The van der Waals surface area contributed by atoms with E-state index in [9.17, 15) is 18.0 Å². The Morgan fingerprint density at radius 2 is 2.11 bits per heavy atom. The van der Waals surface area contributed by atoms with Gasteiger partial charge in [0.05, 0.1) is 5.41 Å². The molecule has 1 rings (SSSR count). The molecule has 1 aromatic heterocycles. The quantitative estimate of drug-likeness (QED) is 0.868. The zero-order valence-electron chi connectivity index (χ0n) is 9.71. The molecule has 1 aromatic rings. The molecule has 0 saturated heterocycles. The van der Waals surface area contributed by atoms with Crippen molar-refractivity contribution in [1.29, 1.82) is 0 Å². The molecule has 0 spiro atoms. The maximum Gasteiger partial charge on any atom is 0.452 e. The van der Waals surface area contributed by atoms with Gasteiger partial charge in [0.2, 0.25) is 11.0 Å². The number of aromatic nitrogens is 2. The van der Waals surface area contributed by atoms with Crippen molar-refractivity contribution >= 4 is 22.6 Å². The average Bonchev–Trinajstić information content (AvgIpc) is 2.73. The second kappa shape index (κ2) is 5.09. The molecule has 0 fully saturated rings. The number of carboxylic acid groups (broad SMARTS) is 1. The summed E-state index contributed by atoms with van der Waals surface area (Å²) in [6.45, 7) is 3.19. The van der Waals surface area contributed by atoms with Crippen molar-refractivity contribution in [3.63, 3.8) is 0 Å². The van der Waals surface area contributed by atoms with Gasteiger partial charge < -0.3 is 10.4 Å². The minimum atomic E-state index is -4.59. The average molecular weight is 283 g/mol. The minimum absolute atomic E-state index is 0.00861. The van der Waals surface area contributed by atoms with Gasteiger partial charge in [-0.2, -0.15) is 22.5 Å². The van der Waals surface area contributed by atoms with Gasteiger partial charge >= 0.3 is 12.1 Å². The molecule has 2 N–H and O–H groups in total. The highest BCUT2D eigenvalue weighted by molar-refractivity contribution is 7.09. The first kappa shape index (κ1) is 14.7. The van der Waals surface area contributed by atoms with Crippen LogP contribution in [0.2, 0.25) is 0 Å². The van der Waals surface area contributed by atoms with Gasteiger partial charge in [0.15, 0.2) is 0 Å². The largest absolute Gasteiger partial charge is 0.481 e. The van der Waals surface area contributed by atoms with Crippen LogP contribution < -0.4 is 5.32 Å². The van der Waals surface area contributed by atoms with Gasteiger partial charge in [-0.15, -0.1) is 0 Å². The van der Waals surface area contributed by atoms with Crippen molar-refractivity contribution in [1.82, 2.24) is 9.36 Å². The minimum Gasteiger partial charge on any atom is -0.481 e. The summed E-state index contributed by atoms with van der Waals surface area (Å²) in [5.74, 6) is -2.23. The van der Waals surface area contributed by atoms with E-state index in [1.165, 1.54) is 6.92 Å². The number of anilines is 1. The standard InChI is InChI=1S/C9H12F3N3O2S/c1-3-8(2,6(16)17)4-13-7-14-5(15-18-7)9(10,11)12/h3-4H2,1-2H3,(H,16,17)(H,13,14,15). The molecule has 5 nitrogen and oxygen atoms in total. The number of alkyl halides is 3. The Kier molecular flexibility index (Phi) is 4.15. The number of nitrogens with one attached hydrogen (secondary N) is 1. The van der Waals surface area contributed by atoms with Crippen molar-refractivity contribution < 1.29 is 23.1 Å². The third-order valence-electron chi connectivity index (χ3n) is 2.61. The molecule has 102 valence electrons. The highest BCUT2D eigenvalue weighted by Gasteiger charge is 2.36. The number of rotatable bonds is 5. The van der Waals surface area contributed by atoms with E-state index in [0.29, 0.717) is 18.0 Å². The first-order valence-corrected chi connectivity index (χ1v) is 5.84. The van der Waals surface area contributed by atoms with Crippen molar-refractivity contribution in [2.45, 2.75) is 26.4 Å². The van der Waals surface area contributed by atoms with E-state index in [1.54, 1.807) is 6.92 Å². The summed E-state index contributed by atoms with van der Waals surface area (Å²) in [5, 5.41) is 11.5. The lowest BCUT2D eigenvalue weighted by atomic mass is 9.88. The van der Waals surface area contributed by atoms with Gasteiger partial charge in [-0.05, 0) is 13.3 Å². The lowest BCUT2D eigenvalue weighted by molar-refractivity contribution is -0.147. The molecule has 0 bridgehead atoms. The van der Waals surface area contributed by atoms with Gasteiger partial charge in [0.25, 0.3) is 0 Å². The molecule has 0 aliphatic rings. The number of aliphatic carboxylic acids is 1. The second-order valence-electron chi connectivity index (χ2n) is 3.99. The van der Waals surface area contributed by atoms with Crippen LogP contribution in [0, 0.1) is 5.41 Å². The summed E-state index contributed by atoms with van der Waals surface area (Å²) in [7, 11) is 0. The number of carboxylic acids is 1. The molecule has 18 heavy (non-hydrogen) atoms. The number of halogens is 3. The van der Waals surface area contributed by atoms with Crippen LogP contribution in [0.25, 0.3) is 0 Å². The maximum absolute atomic E-state index is 12.2. The van der Waals surface area contributed by atoms with E-state index in [4.69, 9.17) is 5.11 Å². The van der Waals surface area contributed by atoms with E-state index >= 15 is 0 Å². The molecule has 0 aliphatic heterocycles. The monoisotopic (exact) mass is 283 g/mol.